The third-order valence-electron chi connectivity index (χ3n) is 4.54. The van der Waals surface area contributed by atoms with Crippen LogP contribution in [0.15, 0.2) is 54.6 Å². The lowest BCUT2D eigenvalue weighted by Crippen LogP contribution is -2.53. The smallest absolute Gasteiger partial charge is 0.421 e. The van der Waals surface area contributed by atoms with Gasteiger partial charge in [0.15, 0.2) is 5.60 Å². The van der Waals surface area contributed by atoms with Crippen molar-refractivity contribution >= 4 is 12.1 Å². The van der Waals surface area contributed by atoms with Crippen LogP contribution >= 0.6 is 0 Å². The number of hydrogen-bond acceptors (Lipinski definition) is 6. The van der Waals surface area contributed by atoms with E-state index in [1.165, 1.54) is 19.0 Å². The number of amides is 1. The molecule has 0 radical (unpaired) electrons. The standard InChI is InChI=1S/C23H30N2O5/c1-4-5-15-30-22(27)24-25(17-23(2,28)21(26)29-3)16-18-11-13-20(14-12-18)19-9-7-6-8-10-19/h6-14,28H,4-5,15-17H2,1-3H3,(H,24,27). The molecule has 2 N–H and O–H groups in total. The minimum atomic E-state index is -1.80. The van der Waals surface area contributed by atoms with Gasteiger partial charge in [-0.15, -0.1) is 0 Å². The Morgan fingerprint density at radius 2 is 1.70 bits per heavy atom. The Hall–Kier alpha value is -2.90. The number of nitrogens with one attached hydrogen (secondary N) is 1. The molecule has 0 spiro atoms. The first-order chi connectivity index (χ1) is 14.4. The van der Waals surface area contributed by atoms with E-state index < -0.39 is 17.7 Å². The number of carbonyl (C=O) groups excluding carboxylic acids is 2. The largest absolute Gasteiger partial charge is 0.467 e. The summed E-state index contributed by atoms with van der Waals surface area (Å²) in [5.74, 6) is -0.784. The number of unbranched alkanes of at least 4 members (excludes halogenated alkanes) is 1. The Morgan fingerprint density at radius 3 is 2.30 bits per heavy atom. The molecule has 162 valence electrons. The number of rotatable bonds is 10. The molecule has 1 unspecified atom stereocenters. The summed E-state index contributed by atoms with van der Waals surface area (Å²) in [4.78, 5) is 24.0. The zero-order valence-electron chi connectivity index (χ0n) is 17.8. The predicted molar refractivity (Wildman–Crippen MR) is 114 cm³/mol. The molecule has 0 bridgehead atoms. The van der Waals surface area contributed by atoms with Gasteiger partial charge in [-0.2, -0.15) is 0 Å². The summed E-state index contributed by atoms with van der Waals surface area (Å²) < 4.78 is 9.80. The third-order valence-corrected chi connectivity index (χ3v) is 4.54. The van der Waals surface area contributed by atoms with Crippen LogP contribution in [0.4, 0.5) is 4.79 Å². The van der Waals surface area contributed by atoms with Crippen LogP contribution in [0.1, 0.15) is 32.3 Å². The number of benzene rings is 2. The Morgan fingerprint density at radius 1 is 1.07 bits per heavy atom. The molecule has 0 fully saturated rings. The van der Waals surface area contributed by atoms with Crippen LogP contribution < -0.4 is 5.43 Å². The molecule has 1 atom stereocenters. The molecular formula is C23H30N2O5. The number of hydrogen-bond donors (Lipinski definition) is 2. The summed E-state index contributed by atoms with van der Waals surface area (Å²) >= 11 is 0. The van der Waals surface area contributed by atoms with Crippen LogP contribution in [0.2, 0.25) is 0 Å². The molecule has 0 aliphatic rings. The van der Waals surface area contributed by atoms with Crippen molar-refractivity contribution in [2.24, 2.45) is 0 Å². The average Bonchev–Trinajstić information content (AvgIpc) is 2.74. The van der Waals surface area contributed by atoms with Crippen molar-refractivity contribution in [2.75, 3.05) is 20.3 Å². The number of esters is 1. The van der Waals surface area contributed by atoms with Gasteiger partial charge in [-0.05, 0) is 30.0 Å². The monoisotopic (exact) mass is 414 g/mol. The molecule has 0 aliphatic carbocycles. The summed E-state index contributed by atoms with van der Waals surface area (Å²) in [6.45, 7) is 3.75. The van der Waals surface area contributed by atoms with E-state index in [9.17, 15) is 14.7 Å². The van der Waals surface area contributed by atoms with E-state index in [4.69, 9.17) is 4.74 Å². The zero-order valence-corrected chi connectivity index (χ0v) is 17.8. The number of aliphatic hydroxyl groups is 1. The molecule has 0 saturated heterocycles. The van der Waals surface area contributed by atoms with Crippen LogP contribution in [0.5, 0.6) is 0 Å². The minimum absolute atomic E-state index is 0.164. The van der Waals surface area contributed by atoms with Crippen molar-refractivity contribution in [3.05, 3.63) is 60.2 Å². The Bertz CT molecular complexity index is 806. The minimum Gasteiger partial charge on any atom is -0.467 e. The van der Waals surface area contributed by atoms with Gasteiger partial charge in [0, 0.05) is 6.54 Å². The fourth-order valence-electron chi connectivity index (χ4n) is 2.92. The normalized spacial score (nSPS) is 12.8. The lowest BCUT2D eigenvalue weighted by atomic mass is 10.0. The van der Waals surface area contributed by atoms with Gasteiger partial charge in [-0.1, -0.05) is 67.9 Å². The zero-order chi connectivity index (χ0) is 22.0. The number of nitrogens with zero attached hydrogens (tertiary/aromatic N) is 1. The highest BCUT2D eigenvalue weighted by atomic mass is 16.6. The van der Waals surface area contributed by atoms with E-state index in [0.717, 1.165) is 29.5 Å². The molecular weight excluding hydrogens is 384 g/mol. The second-order valence-corrected chi connectivity index (χ2v) is 7.29. The van der Waals surface area contributed by atoms with Crippen LogP contribution in [0, 0.1) is 0 Å². The van der Waals surface area contributed by atoms with Gasteiger partial charge in [0.1, 0.15) is 0 Å². The topological polar surface area (TPSA) is 88.1 Å². The van der Waals surface area contributed by atoms with Crippen LogP contribution in [0.3, 0.4) is 0 Å². The van der Waals surface area contributed by atoms with Crippen LogP contribution in [0.25, 0.3) is 11.1 Å². The Labute approximate surface area is 177 Å². The van der Waals surface area contributed by atoms with E-state index in [1.54, 1.807) is 0 Å². The molecule has 2 rings (SSSR count). The summed E-state index contributed by atoms with van der Waals surface area (Å²) in [5.41, 5.74) is 3.88. The first-order valence-corrected chi connectivity index (χ1v) is 9.99. The van der Waals surface area contributed by atoms with Gasteiger partial charge in [-0.25, -0.2) is 14.6 Å². The molecule has 2 aromatic rings. The first-order valence-electron chi connectivity index (χ1n) is 9.99. The van der Waals surface area contributed by atoms with E-state index in [2.05, 4.69) is 10.2 Å². The Kier molecular flexibility index (Phi) is 8.83. The highest BCUT2D eigenvalue weighted by Gasteiger charge is 2.34. The summed E-state index contributed by atoms with van der Waals surface area (Å²) in [6, 6.07) is 17.8. The van der Waals surface area contributed by atoms with Crippen molar-refractivity contribution in [1.29, 1.82) is 0 Å². The lowest BCUT2D eigenvalue weighted by molar-refractivity contribution is -0.163. The summed E-state index contributed by atoms with van der Waals surface area (Å²) in [5, 5.41) is 11.9. The molecule has 7 heteroatoms. The van der Waals surface area contributed by atoms with Crippen molar-refractivity contribution in [1.82, 2.24) is 10.4 Å². The number of hydrazine groups is 1. The average molecular weight is 415 g/mol. The van der Waals surface area contributed by atoms with Gasteiger partial charge >= 0.3 is 12.1 Å². The molecule has 7 nitrogen and oxygen atoms in total. The molecule has 2 aromatic carbocycles. The number of methoxy groups -OCH3 is 1. The van der Waals surface area contributed by atoms with E-state index in [-0.39, 0.29) is 13.1 Å². The molecule has 0 heterocycles. The Balaban J connectivity index is 2.11. The van der Waals surface area contributed by atoms with Gasteiger partial charge < -0.3 is 14.6 Å². The predicted octanol–water partition coefficient (Wildman–Crippen LogP) is 3.52. The second-order valence-electron chi connectivity index (χ2n) is 7.29. The van der Waals surface area contributed by atoms with Crippen LogP contribution in [-0.4, -0.2) is 48.0 Å². The van der Waals surface area contributed by atoms with Gasteiger partial charge in [-0.3, -0.25) is 5.43 Å². The summed E-state index contributed by atoms with van der Waals surface area (Å²) in [7, 11) is 1.20. The lowest BCUT2D eigenvalue weighted by Gasteiger charge is -2.29. The molecule has 30 heavy (non-hydrogen) atoms. The SMILES string of the molecule is CCCCOC(=O)NN(Cc1ccc(-c2ccccc2)cc1)CC(C)(O)C(=O)OC. The molecule has 1 amide bonds. The van der Waals surface area contributed by atoms with E-state index in [1.807, 2.05) is 61.5 Å². The maximum atomic E-state index is 12.1. The van der Waals surface area contributed by atoms with Crippen molar-refractivity contribution in [2.45, 2.75) is 38.8 Å². The maximum absolute atomic E-state index is 12.1. The highest BCUT2D eigenvalue weighted by Crippen LogP contribution is 2.20. The maximum Gasteiger partial charge on any atom is 0.421 e. The van der Waals surface area contributed by atoms with Gasteiger partial charge in [0.05, 0.1) is 20.3 Å². The van der Waals surface area contributed by atoms with Gasteiger partial charge in [0.25, 0.3) is 0 Å². The summed E-state index contributed by atoms with van der Waals surface area (Å²) in [6.07, 6.45) is 1.03. The fraction of sp³-hybridized carbons (Fsp3) is 0.391. The number of ether oxygens (including phenoxy) is 2. The third kappa shape index (κ3) is 7.17. The molecule has 0 aliphatic heterocycles. The van der Waals surface area contributed by atoms with Crippen molar-refractivity contribution in [3.63, 3.8) is 0 Å². The first kappa shape index (κ1) is 23.4. The highest BCUT2D eigenvalue weighted by molar-refractivity contribution is 5.79. The molecule has 0 saturated carbocycles. The van der Waals surface area contributed by atoms with Gasteiger partial charge in [0.2, 0.25) is 0 Å². The van der Waals surface area contributed by atoms with Crippen molar-refractivity contribution in [3.8, 4) is 11.1 Å². The molecule has 0 aromatic heterocycles. The van der Waals surface area contributed by atoms with E-state index in [0.29, 0.717) is 6.61 Å². The second kappa shape index (κ2) is 11.3. The van der Waals surface area contributed by atoms with Crippen molar-refractivity contribution < 1.29 is 24.2 Å². The van der Waals surface area contributed by atoms with Crippen LogP contribution in [-0.2, 0) is 20.8 Å². The quantitative estimate of drug-likeness (QED) is 0.351. The fourth-order valence-corrected chi connectivity index (χ4v) is 2.92. The number of carbonyl (C=O) groups is 2. The van der Waals surface area contributed by atoms with E-state index >= 15 is 0 Å².